The number of nitrogens with zero attached hydrogens (tertiary/aromatic N) is 1. The number of likely N-dealkylation sites (tertiary alicyclic amines) is 1. The van der Waals surface area contributed by atoms with E-state index < -0.39 is 0 Å². The van der Waals surface area contributed by atoms with E-state index in [1.54, 1.807) is 0 Å². The fourth-order valence-electron chi connectivity index (χ4n) is 1.81. The molecule has 3 nitrogen and oxygen atoms in total. The zero-order valence-corrected chi connectivity index (χ0v) is 8.79. The molecule has 1 fully saturated rings. The minimum Gasteiger partial charge on any atom is -0.392 e. The molecule has 78 valence electrons. The van der Waals surface area contributed by atoms with Gasteiger partial charge in [0.1, 0.15) is 0 Å². The van der Waals surface area contributed by atoms with E-state index in [2.05, 4.69) is 17.1 Å². The fourth-order valence-corrected chi connectivity index (χ4v) is 1.81. The summed E-state index contributed by atoms with van der Waals surface area (Å²) >= 11 is 0. The van der Waals surface area contributed by atoms with E-state index in [1.165, 1.54) is 25.9 Å². The van der Waals surface area contributed by atoms with Crippen molar-refractivity contribution in [2.75, 3.05) is 26.2 Å². The molecule has 13 heavy (non-hydrogen) atoms. The molecule has 0 saturated carbocycles. The van der Waals surface area contributed by atoms with Gasteiger partial charge in [0.25, 0.3) is 0 Å². The molecule has 0 radical (unpaired) electrons. The van der Waals surface area contributed by atoms with Crippen LogP contribution in [-0.2, 0) is 0 Å². The lowest BCUT2D eigenvalue weighted by atomic mass is 10.3. The van der Waals surface area contributed by atoms with Crippen LogP contribution in [0.4, 0.5) is 0 Å². The highest BCUT2D eigenvalue weighted by Crippen LogP contribution is 2.10. The molecule has 0 aliphatic carbocycles. The molecule has 1 aliphatic heterocycles. The quantitative estimate of drug-likeness (QED) is 0.654. The Hall–Kier alpha value is -0.120. The highest BCUT2D eigenvalue weighted by Gasteiger charge is 2.17. The topological polar surface area (TPSA) is 35.5 Å². The number of aliphatic hydroxyl groups excluding tert-OH is 1. The molecule has 0 amide bonds. The van der Waals surface area contributed by atoms with Crippen LogP contribution in [0.2, 0.25) is 0 Å². The van der Waals surface area contributed by atoms with E-state index in [0.29, 0.717) is 12.6 Å². The van der Waals surface area contributed by atoms with Crippen LogP contribution >= 0.6 is 0 Å². The van der Waals surface area contributed by atoms with E-state index in [4.69, 9.17) is 5.11 Å². The first-order chi connectivity index (χ1) is 6.20. The Morgan fingerprint density at radius 1 is 1.23 bits per heavy atom. The monoisotopic (exact) mass is 186 g/mol. The van der Waals surface area contributed by atoms with Crippen LogP contribution in [0.3, 0.4) is 0 Å². The van der Waals surface area contributed by atoms with Gasteiger partial charge in [0, 0.05) is 19.1 Å². The standard InChI is InChI=1S/C10H22N2O/c1-9(7-11-8-10(2)13)12-5-3-4-6-12/h9-11,13H,3-8H2,1-2H3. The van der Waals surface area contributed by atoms with Crippen molar-refractivity contribution in [2.45, 2.75) is 38.8 Å². The minimum absolute atomic E-state index is 0.231. The van der Waals surface area contributed by atoms with Gasteiger partial charge >= 0.3 is 0 Å². The normalized spacial score (nSPS) is 23.3. The van der Waals surface area contributed by atoms with Gasteiger partial charge in [0.15, 0.2) is 0 Å². The lowest BCUT2D eigenvalue weighted by molar-refractivity contribution is 0.182. The van der Waals surface area contributed by atoms with E-state index in [0.717, 1.165) is 6.54 Å². The summed E-state index contributed by atoms with van der Waals surface area (Å²) in [6.45, 7) is 8.26. The Morgan fingerprint density at radius 3 is 2.38 bits per heavy atom. The van der Waals surface area contributed by atoms with Crippen LogP contribution in [0.5, 0.6) is 0 Å². The maximum atomic E-state index is 9.05. The third-order valence-corrected chi connectivity index (χ3v) is 2.64. The van der Waals surface area contributed by atoms with Crippen molar-refractivity contribution >= 4 is 0 Å². The van der Waals surface area contributed by atoms with E-state index in [1.807, 2.05) is 6.92 Å². The molecule has 1 heterocycles. The van der Waals surface area contributed by atoms with Crippen LogP contribution < -0.4 is 5.32 Å². The molecule has 2 unspecified atom stereocenters. The third-order valence-electron chi connectivity index (χ3n) is 2.64. The van der Waals surface area contributed by atoms with Crippen molar-refractivity contribution in [3.05, 3.63) is 0 Å². The van der Waals surface area contributed by atoms with Gasteiger partial charge in [0.05, 0.1) is 6.10 Å². The maximum absolute atomic E-state index is 9.05. The average molecular weight is 186 g/mol. The van der Waals surface area contributed by atoms with Gasteiger partial charge in [-0.05, 0) is 39.8 Å². The molecule has 0 bridgehead atoms. The zero-order chi connectivity index (χ0) is 9.68. The van der Waals surface area contributed by atoms with Crippen LogP contribution in [0.15, 0.2) is 0 Å². The molecule has 0 aromatic carbocycles. The van der Waals surface area contributed by atoms with Crippen LogP contribution in [0.25, 0.3) is 0 Å². The Morgan fingerprint density at radius 2 is 1.85 bits per heavy atom. The molecule has 0 spiro atoms. The van der Waals surface area contributed by atoms with E-state index in [-0.39, 0.29) is 6.10 Å². The number of aliphatic hydroxyl groups is 1. The lowest BCUT2D eigenvalue weighted by Crippen LogP contribution is -2.40. The predicted octanol–water partition coefficient (Wildman–Crippen LogP) is 0.441. The second-order valence-corrected chi connectivity index (χ2v) is 4.10. The van der Waals surface area contributed by atoms with Crippen molar-refractivity contribution in [3.63, 3.8) is 0 Å². The first kappa shape index (κ1) is 11.0. The van der Waals surface area contributed by atoms with Gasteiger partial charge in [-0.25, -0.2) is 0 Å². The van der Waals surface area contributed by atoms with E-state index >= 15 is 0 Å². The van der Waals surface area contributed by atoms with Crippen LogP contribution in [-0.4, -0.2) is 48.3 Å². The molecule has 1 rings (SSSR count). The van der Waals surface area contributed by atoms with E-state index in [9.17, 15) is 0 Å². The summed E-state index contributed by atoms with van der Waals surface area (Å²) in [5, 5.41) is 12.3. The summed E-state index contributed by atoms with van der Waals surface area (Å²) in [6.07, 6.45) is 2.47. The van der Waals surface area contributed by atoms with Gasteiger partial charge in [0.2, 0.25) is 0 Å². The second kappa shape index (κ2) is 5.58. The molecule has 1 aliphatic rings. The summed E-state index contributed by atoms with van der Waals surface area (Å²) in [5.74, 6) is 0. The van der Waals surface area contributed by atoms with Crippen molar-refractivity contribution in [1.82, 2.24) is 10.2 Å². The molecule has 0 aromatic heterocycles. The maximum Gasteiger partial charge on any atom is 0.0636 e. The van der Waals surface area contributed by atoms with Gasteiger partial charge in [-0.15, -0.1) is 0 Å². The number of hydrogen-bond donors (Lipinski definition) is 2. The summed E-state index contributed by atoms with van der Waals surface area (Å²) in [6, 6.07) is 0.612. The minimum atomic E-state index is -0.231. The van der Waals surface area contributed by atoms with Crippen LogP contribution in [0, 0.1) is 0 Å². The molecule has 2 N–H and O–H groups in total. The molecule has 1 saturated heterocycles. The number of nitrogens with one attached hydrogen (secondary N) is 1. The predicted molar refractivity (Wildman–Crippen MR) is 54.8 cm³/mol. The van der Waals surface area contributed by atoms with Crippen molar-refractivity contribution in [3.8, 4) is 0 Å². The average Bonchev–Trinajstić information content (AvgIpc) is 2.55. The summed E-state index contributed by atoms with van der Waals surface area (Å²) in [4.78, 5) is 2.51. The largest absolute Gasteiger partial charge is 0.392 e. The second-order valence-electron chi connectivity index (χ2n) is 4.10. The third kappa shape index (κ3) is 4.07. The fraction of sp³-hybridized carbons (Fsp3) is 1.00. The first-order valence-corrected chi connectivity index (χ1v) is 5.33. The Bertz CT molecular complexity index is 133. The Kier molecular flexibility index (Phi) is 4.70. The first-order valence-electron chi connectivity index (χ1n) is 5.33. The molecular weight excluding hydrogens is 164 g/mol. The summed E-state index contributed by atoms with van der Waals surface area (Å²) in [7, 11) is 0. The van der Waals surface area contributed by atoms with Gasteiger partial charge in [-0.1, -0.05) is 0 Å². The zero-order valence-electron chi connectivity index (χ0n) is 8.79. The Labute approximate surface area is 81.1 Å². The SMILES string of the molecule is CC(O)CNCC(C)N1CCCC1. The lowest BCUT2D eigenvalue weighted by Gasteiger charge is -2.24. The highest BCUT2D eigenvalue weighted by molar-refractivity contribution is 4.74. The summed E-state index contributed by atoms with van der Waals surface area (Å²) < 4.78 is 0. The Balaban J connectivity index is 2.06. The van der Waals surface area contributed by atoms with Crippen LogP contribution in [0.1, 0.15) is 26.7 Å². The van der Waals surface area contributed by atoms with Crippen molar-refractivity contribution in [1.29, 1.82) is 0 Å². The number of hydrogen-bond acceptors (Lipinski definition) is 3. The molecule has 3 heteroatoms. The van der Waals surface area contributed by atoms with Gasteiger partial charge in [-0.2, -0.15) is 0 Å². The molecular formula is C10H22N2O. The molecule has 0 aromatic rings. The smallest absolute Gasteiger partial charge is 0.0636 e. The van der Waals surface area contributed by atoms with Gasteiger partial charge < -0.3 is 10.4 Å². The van der Waals surface area contributed by atoms with Crippen molar-refractivity contribution < 1.29 is 5.11 Å². The van der Waals surface area contributed by atoms with Gasteiger partial charge in [-0.3, -0.25) is 4.90 Å². The van der Waals surface area contributed by atoms with Crippen molar-refractivity contribution in [2.24, 2.45) is 0 Å². The molecule has 2 atom stereocenters. The highest BCUT2D eigenvalue weighted by atomic mass is 16.3. The summed E-state index contributed by atoms with van der Waals surface area (Å²) in [5.41, 5.74) is 0. The number of rotatable bonds is 5.